The zero-order valence-electron chi connectivity index (χ0n) is 12.3. The van der Waals surface area contributed by atoms with Gasteiger partial charge in [0.1, 0.15) is 6.61 Å². The van der Waals surface area contributed by atoms with Crippen LogP contribution < -0.4 is 14.8 Å². The molecule has 21 heavy (non-hydrogen) atoms. The van der Waals surface area contributed by atoms with E-state index in [2.05, 4.69) is 5.32 Å². The molecule has 0 fully saturated rings. The third kappa shape index (κ3) is 6.13. The predicted molar refractivity (Wildman–Crippen MR) is 74.4 cm³/mol. The summed E-state index contributed by atoms with van der Waals surface area (Å²) in [5.74, 6) is 0.277. The highest BCUT2D eigenvalue weighted by atomic mass is 16.6. The molecule has 1 amide bonds. The van der Waals surface area contributed by atoms with Crippen LogP contribution in [0.2, 0.25) is 0 Å². The first-order chi connectivity index (χ1) is 10.1. The van der Waals surface area contributed by atoms with Gasteiger partial charge in [-0.15, -0.1) is 0 Å². The Morgan fingerprint density at radius 2 is 1.95 bits per heavy atom. The largest absolute Gasteiger partial charge is 0.493 e. The molecule has 0 aromatic heterocycles. The normalized spacial score (nSPS) is 9.86. The number of benzene rings is 1. The lowest BCUT2D eigenvalue weighted by atomic mass is 10.2. The van der Waals surface area contributed by atoms with Gasteiger partial charge in [0, 0.05) is 20.6 Å². The summed E-state index contributed by atoms with van der Waals surface area (Å²) >= 11 is 0. The van der Waals surface area contributed by atoms with Crippen molar-refractivity contribution in [3.8, 4) is 11.5 Å². The standard InChI is InChI=1S/C14H19NO6/c1-10(16)21-12-5-4-11(8-13(12)19-3)9-20-14(17)15-6-7-18-2/h4-5,8H,6-7,9H2,1-3H3,(H,15,17). The van der Waals surface area contributed by atoms with E-state index < -0.39 is 12.1 Å². The fourth-order valence-corrected chi connectivity index (χ4v) is 1.50. The van der Waals surface area contributed by atoms with Crippen molar-refractivity contribution in [3.63, 3.8) is 0 Å². The number of alkyl carbamates (subject to hydrolysis) is 1. The maximum atomic E-state index is 11.4. The molecular weight excluding hydrogens is 278 g/mol. The zero-order chi connectivity index (χ0) is 15.7. The Bertz CT molecular complexity index is 488. The van der Waals surface area contributed by atoms with E-state index in [1.807, 2.05) is 0 Å². The van der Waals surface area contributed by atoms with Crippen molar-refractivity contribution in [3.05, 3.63) is 23.8 Å². The molecule has 1 aromatic carbocycles. The second kappa shape index (κ2) is 8.80. The first kappa shape index (κ1) is 16.8. The summed E-state index contributed by atoms with van der Waals surface area (Å²) in [6.45, 7) is 2.18. The molecule has 0 spiro atoms. The fourth-order valence-electron chi connectivity index (χ4n) is 1.50. The van der Waals surface area contributed by atoms with Crippen molar-refractivity contribution in [2.45, 2.75) is 13.5 Å². The zero-order valence-corrected chi connectivity index (χ0v) is 12.3. The van der Waals surface area contributed by atoms with Gasteiger partial charge < -0.3 is 24.3 Å². The van der Waals surface area contributed by atoms with Gasteiger partial charge in [0.2, 0.25) is 0 Å². The monoisotopic (exact) mass is 297 g/mol. The summed E-state index contributed by atoms with van der Waals surface area (Å²) in [7, 11) is 3.01. The summed E-state index contributed by atoms with van der Waals surface area (Å²) in [5, 5.41) is 2.53. The third-order valence-electron chi connectivity index (χ3n) is 2.43. The van der Waals surface area contributed by atoms with Gasteiger partial charge in [0.15, 0.2) is 11.5 Å². The number of nitrogens with one attached hydrogen (secondary N) is 1. The lowest BCUT2D eigenvalue weighted by Gasteiger charge is -2.11. The van der Waals surface area contributed by atoms with Gasteiger partial charge in [-0.3, -0.25) is 4.79 Å². The summed E-state index contributed by atoms with van der Waals surface area (Å²) < 4.78 is 19.9. The molecule has 0 aliphatic rings. The van der Waals surface area contributed by atoms with Crippen LogP contribution in [0.25, 0.3) is 0 Å². The maximum Gasteiger partial charge on any atom is 0.407 e. The lowest BCUT2D eigenvalue weighted by Crippen LogP contribution is -2.27. The Labute approximate surface area is 123 Å². The van der Waals surface area contributed by atoms with E-state index in [1.54, 1.807) is 25.3 Å². The summed E-state index contributed by atoms with van der Waals surface area (Å²) in [5.41, 5.74) is 0.713. The average Bonchev–Trinajstić information content (AvgIpc) is 2.46. The number of hydrogen-bond donors (Lipinski definition) is 1. The van der Waals surface area contributed by atoms with Gasteiger partial charge in [0.05, 0.1) is 13.7 Å². The molecule has 0 radical (unpaired) electrons. The molecule has 0 atom stereocenters. The molecule has 7 nitrogen and oxygen atoms in total. The summed E-state index contributed by atoms with van der Waals surface area (Å²) in [6, 6.07) is 4.91. The van der Waals surface area contributed by atoms with E-state index in [1.165, 1.54) is 14.0 Å². The number of methoxy groups -OCH3 is 2. The molecule has 1 rings (SSSR count). The fraction of sp³-hybridized carbons (Fsp3) is 0.429. The minimum Gasteiger partial charge on any atom is -0.493 e. The van der Waals surface area contributed by atoms with Gasteiger partial charge in [-0.2, -0.15) is 0 Å². The number of amides is 1. The highest BCUT2D eigenvalue weighted by molar-refractivity contribution is 5.70. The molecular formula is C14H19NO6. The van der Waals surface area contributed by atoms with E-state index in [9.17, 15) is 9.59 Å². The first-order valence-electron chi connectivity index (χ1n) is 6.31. The number of rotatable bonds is 7. The second-order valence-corrected chi connectivity index (χ2v) is 4.07. The van der Waals surface area contributed by atoms with Crippen LogP contribution in [-0.2, 0) is 20.9 Å². The molecule has 0 aliphatic heterocycles. The Balaban J connectivity index is 2.56. The van der Waals surface area contributed by atoms with Crippen LogP contribution in [0.5, 0.6) is 11.5 Å². The highest BCUT2D eigenvalue weighted by Crippen LogP contribution is 2.28. The van der Waals surface area contributed by atoms with Gasteiger partial charge in [0.25, 0.3) is 0 Å². The molecule has 0 aliphatic carbocycles. The highest BCUT2D eigenvalue weighted by Gasteiger charge is 2.09. The van der Waals surface area contributed by atoms with Crippen molar-refractivity contribution in [2.24, 2.45) is 0 Å². The Kier molecular flexibility index (Phi) is 7.03. The number of carbonyl (C=O) groups is 2. The summed E-state index contributed by atoms with van der Waals surface area (Å²) in [4.78, 5) is 22.3. The quantitative estimate of drug-likeness (QED) is 0.466. The van der Waals surface area contributed by atoms with Crippen molar-refractivity contribution in [1.29, 1.82) is 0 Å². The van der Waals surface area contributed by atoms with E-state index >= 15 is 0 Å². The molecule has 0 unspecified atom stereocenters. The second-order valence-electron chi connectivity index (χ2n) is 4.07. The van der Waals surface area contributed by atoms with Crippen LogP contribution in [0.1, 0.15) is 12.5 Å². The van der Waals surface area contributed by atoms with Gasteiger partial charge in [-0.25, -0.2) is 4.79 Å². The average molecular weight is 297 g/mol. The number of esters is 1. The molecule has 1 aromatic rings. The van der Waals surface area contributed by atoms with Crippen LogP contribution in [0, 0.1) is 0 Å². The van der Waals surface area contributed by atoms with Gasteiger partial charge in [-0.05, 0) is 17.7 Å². The van der Waals surface area contributed by atoms with E-state index in [-0.39, 0.29) is 6.61 Å². The van der Waals surface area contributed by atoms with Crippen LogP contribution >= 0.6 is 0 Å². The van der Waals surface area contributed by atoms with Gasteiger partial charge >= 0.3 is 12.1 Å². The van der Waals surface area contributed by atoms with Crippen molar-refractivity contribution in [1.82, 2.24) is 5.32 Å². The first-order valence-corrected chi connectivity index (χ1v) is 6.31. The number of ether oxygens (including phenoxy) is 4. The van der Waals surface area contributed by atoms with Crippen molar-refractivity contribution < 1.29 is 28.5 Å². The molecule has 0 saturated heterocycles. The Hall–Kier alpha value is -2.28. The van der Waals surface area contributed by atoms with E-state index in [0.717, 1.165) is 0 Å². The minimum absolute atomic E-state index is 0.0789. The topological polar surface area (TPSA) is 83.1 Å². The van der Waals surface area contributed by atoms with Gasteiger partial charge in [-0.1, -0.05) is 6.07 Å². The minimum atomic E-state index is -0.532. The summed E-state index contributed by atoms with van der Waals surface area (Å²) in [6.07, 6.45) is -0.532. The molecule has 7 heteroatoms. The molecule has 116 valence electrons. The van der Waals surface area contributed by atoms with E-state index in [0.29, 0.717) is 30.2 Å². The third-order valence-corrected chi connectivity index (χ3v) is 2.43. The Morgan fingerprint density at radius 1 is 1.19 bits per heavy atom. The number of hydrogen-bond acceptors (Lipinski definition) is 6. The SMILES string of the molecule is COCCNC(=O)OCc1ccc(OC(C)=O)c(OC)c1. The molecule has 0 saturated carbocycles. The van der Waals surface area contributed by atoms with Crippen LogP contribution in [0.4, 0.5) is 4.79 Å². The van der Waals surface area contributed by atoms with E-state index in [4.69, 9.17) is 18.9 Å². The molecule has 0 bridgehead atoms. The van der Waals surface area contributed by atoms with Crippen molar-refractivity contribution >= 4 is 12.1 Å². The number of carbonyl (C=O) groups excluding carboxylic acids is 2. The molecule has 0 heterocycles. The van der Waals surface area contributed by atoms with Crippen LogP contribution in [0.15, 0.2) is 18.2 Å². The van der Waals surface area contributed by atoms with Crippen LogP contribution in [-0.4, -0.2) is 39.4 Å². The molecule has 1 N–H and O–H groups in total. The maximum absolute atomic E-state index is 11.4. The van der Waals surface area contributed by atoms with Crippen LogP contribution in [0.3, 0.4) is 0 Å². The lowest BCUT2D eigenvalue weighted by molar-refractivity contribution is -0.132. The smallest absolute Gasteiger partial charge is 0.407 e. The Morgan fingerprint density at radius 3 is 2.57 bits per heavy atom. The predicted octanol–water partition coefficient (Wildman–Crippen LogP) is 1.49. The van der Waals surface area contributed by atoms with Crippen molar-refractivity contribution in [2.75, 3.05) is 27.4 Å².